The van der Waals surface area contributed by atoms with Crippen LogP contribution in [0.5, 0.6) is 0 Å². The van der Waals surface area contributed by atoms with E-state index in [4.69, 9.17) is 15.0 Å². The van der Waals surface area contributed by atoms with Crippen molar-refractivity contribution in [2.24, 2.45) is 0 Å². The van der Waals surface area contributed by atoms with E-state index < -0.39 is 0 Å². The number of aromatic nitrogens is 15. The molecule has 6 N–H and O–H groups in total. The number of nitrogens with one attached hydrogen (secondary N) is 6. The van der Waals surface area contributed by atoms with Crippen molar-refractivity contribution in [1.29, 1.82) is 0 Å². The fraction of sp³-hybridized carbons (Fsp3) is 0.194. The number of rotatable bonds is 14. The molecule has 1 aliphatic rings. The molecule has 0 amide bonds. The molecule has 10 heterocycles. The van der Waals surface area contributed by atoms with E-state index in [1.54, 1.807) is 25.3 Å². The van der Waals surface area contributed by atoms with Crippen LogP contribution in [0, 0.1) is 0 Å². The highest BCUT2D eigenvalue weighted by Gasteiger charge is 2.25. The minimum Gasteiger partial charge on any atom is -0.362 e. The van der Waals surface area contributed by atoms with E-state index in [1.165, 1.54) is 18.2 Å². The molecule has 0 radical (unpaired) electrons. The Labute approximate surface area is 501 Å². The molecule has 9 aromatic heterocycles. The molecule has 3 unspecified atom stereocenters. The van der Waals surface area contributed by atoms with Gasteiger partial charge in [-0.15, -0.1) is 0 Å². The predicted octanol–water partition coefficient (Wildman–Crippen LogP) is 13.1. The average molecular weight is 1150 g/mol. The van der Waals surface area contributed by atoms with Gasteiger partial charge in [0, 0.05) is 70.2 Å². The number of para-hydroxylation sites is 3. The number of imidazole rings is 3. The Morgan fingerprint density at radius 2 is 0.816 bits per heavy atom. The lowest BCUT2D eigenvalue weighted by atomic mass is 9.96. The van der Waals surface area contributed by atoms with Crippen LogP contribution in [-0.4, -0.2) is 113 Å². The van der Waals surface area contributed by atoms with Crippen LogP contribution in [0.2, 0.25) is 0 Å². The number of hydrogen-bond acceptors (Lipinski definition) is 17. The van der Waals surface area contributed by atoms with E-state index >= 15 is 0 Å². The summed E-state index contributed by atoms with van der Waals surface area (Å²) in [6, 6.07) is 52.1. The SMILES string of the molecule is CC(Nc1ncnc2nc[nH]c12)c1cc2ccccc2nc1-c1ccccc1.CCC(Nc1ncnc2nc[nH]c12)c1cc2ccccc2nc1-c1ccccc1.CCC(Nc1ncnc2nc[nH]c12)c1cc2ccccc2nc1N1CCN(C)CC1. The van der Waals surface area contributed by atoms with Crippen LogP contribution < -0.4 is 20.9 Å². The molecule has 1 fully saturated rings. The quantitative estimate of drug-likeness (QED) is 0.0593. The van der Waals surface area contributed by atoms with Crippen LogP contribution in [0.3, 0.4) is 0 Å². The van der Waals surface area contributed by atoms with Crippen molar-refractivity contribution in [1.82, 2.24) is 79.7 Å². The molecule has 15 rings (SSSR count). The van der Waals surface area contributed by atoms with E-state index in [2.05, 4.69) is 192 Å². The molecule has 1 saturated heterocycles. The van der Waals surface area contributed by atoms with Gasteiger partial charge in [0.15, 0.2) is 34.4 Å². The topological polar surface area (TPSA) is 245 Å². The molecule has 0 spiro atoms. The van der Waals surface area contributed by atoms with Gasteiger partial charge in [-0.05, 0) is 63.2 Å². The highest BCUT2D eigenvalue weighted by molar-refractivity contribution is 5.88. The second-order valence-electron chi connectivity index (χ2n) is 21.4. The Morgan fingerprint density at radius 3 is 1.29 bits per heavy atom. The largest absolute Gasteiger partial charge is 0.362 e. The number of hydrogen-bond donors (Lipinski definition) is 6. The molecule has 20 nitrogen and oxygen atoms in total. The Bertz CT molecular complexity index is 4640. The highest BCUT2D eigenvalue weighted by Crippen LogP contribution is 2.37. The normalized spacial score (nSPS) is 13.7. The van der Waals surface area contributed by atoms with Crippen LogP contribution in [0.4, 0.5) is 23.3 Å². The third-order valence-corrected chi connectivity index (χ3v) is 15.8. The minimum absolute atomic E-state index is 0.0197. The van der Waals surface area contributed by atoms with Crippen molar-refractivity contribution in [3.05, 3.63) is 206 Å². The molecule has 5 aromatic carbocycles. The maximum Gasteiger partial charge on any atom is 0.182 e. The Balaban J connectivity index is 0.000000121. The monoisotopic (exact) mass is 1150 g/mol. The van der Waals surface area contributed by atoms with Gasteiger partial charge < -0.3 is 40.7 Å². The second-order valence-corrected chi connectivity index (χ2v) is 21.4. The van der Waals surface area contributed by atoms with Gasteiger partial charge in [0.1, 0.15) is 41.3 Å². The Kier molecular flexibility index (Phi) is 16.0. The number of pyridine rings is 3. The van der Waals surface area contributed by atoms with Crippen molar-refractivity contribution in [2.45, 2.75) is 51.7 Å². The van der Waals surface area contributed by atoms with Crippen molar-refractivity contribution in [3.63, 3.8) is 0 Å². The van der Waals surface area contributed by atoms with Gasteiger partial charge in [0.25, 0.3) is 0 Å². The maximum absolute atomic E-state index is 5.10. The van der Waals surface area contributed by atoms with Gasteiger partial charge in [-0.2, -0.15) is 0 Å². The average Bonchev–Trinajstić information content (AvgIpc) is 3.50. The third kappa shape index (κ3) is 11.9. The van der Waals surface area contributed by atoms with Gasteiger partial charge >= 0.3 is 0 Å². The summed E-state index contributed by atoms with van der Waals surface area (Å²) in [6.45, 7) is 10.5. The number of piperazine rings is 1. The lowest BCUT2D eigenvalue weighted by molar-refractivity contribution is 0.311. The zero-order valence-corrected chi connectivity index (χ0v) is 48.6. The van der Waals surface area contributed by atoms with E-state index in [0.29, 0.717) is 16.9 Å². The van der Waals surface area contributed by atoms with Crippen molar-refractivity contribution < 1.29 is 0 Å². The number of fused-ring (bicyclic) bond motifs is 6. The van der Waals surface area contributed by atoms with Crippen LogP contribution in [0.15, 0.2) is 190 Å². The summed E-state index contributed by atoms with van der Waals surface area (Å²) in [5.41, 5.74) is 15.0. The van der Waals surface area contributed by atoms with Crippen molar-refractivity contribution >= 4 is 89.5 Å². The number of benzene rings is 5. The van der Waals surface area contributed by atoms with E-state index in [0.717, 1.165) is 145 Å². The molecule has 0 bridgehead atoms. The lowest BCUT2D eigenvalue weighted by Gasteiger charge is -2.35. The van der Waals surface area contributed by atoms with Crippen molar-refractivity contribution in [3.8, 4) is 22.5 Å². The smallest absolute Gasteiger partial charge is 0.182 e. The summed E-state index contributed by atoms with van der Waals surface area (Å²) < 4.78 is 0. The molecule has 1 aliphatic heterocycles. The fourth-order valence-corrected chi connectivity index (χ4v) is 11.2. The molecular formula is C67H64N20. The van der Waals surface area contributed by atoms with Crippen LogP contribution in [0.1, 0.15) is 68.4 Å². The van der Waals surface area contributed by atoms with Gasteiger partial charge in [-0.25, -0.2) is 59.8 Å². The molecule has 432 valence electrons. The molecule has 14 aromatic rings. The first-order valence-electron chi connectivity index (χ1n) is 29.3. The van der Waals surface area contributed by atoms with Gasteiger partial charge in [0.05, 0.1) is 65.0 Å². The minimum atomic E-state index is -0.0197. The second kappa shape index (κ2) is 25.2. The summed E-state index contributed by atoms with van der Waals surface area (Å²) >= 11 is 0. The zero-order valence-electron chi connectivity index (χ0n) is 48.6. The number of H-pyrrole nitrogens is 3. The van der Waals surface area contributed by atoms with E-state index in [9.17, 15) is 0 Å². The third-order valence-electron chi connectivity index (χ3n) is 15.8. The summed E-state index contributed by atoms with van der Waals surface area (Å²) in [5.74, 6) is 3.30. The standard InChI is InChI=1S/C23H20N6.C22H26N8.C22H18N6/c1-2-18(29-23-21-22(25-13-24-21)26-14-27-23)17-12-16-10-6-7-11-19(16)28-20(17)15-8-4-3-5-9-15;1-3-17(27-21-19-20(24-13-23-19)25-14-26-21)16-12-15-6-4-5-7-18(15)28-22(16)30-10-8-29(2)9-11-30;1-14(27-22-20-21(24-12-23-20)25-13-26-22)17-11-16-9-5-6-10-18(16)28-19(17)15-7-3-2-4-8-15/h3-14,18H,2H2,1H3,(H2,24,25,26,27,29);4-7,12-14,17H,3,8-11H2,1-2H3,(H2,23,24,25,26,27);2-14H,1H3,(H2,23,24,25,26,27). The number of anilines is 4. The molecule has 0 saturated carbocycles. The summed E-state index contributed by atoms with van der Waals surface area (Å²) in [5, 5.41) is 14.1. The molecule has 87 heavy (non-hydrogen) atoms. The highest BCUT2D eigenvalue weighted by atomic mass is 15.3. The van der Waals surface area contributed by atoms with Gasteiger partial charge in [0.2, 0.25) is 0 Å². The first-order valence-corrected chi connectivity index (χ1v) is 29.3. The molecule has 3 atom stereocenters. The van der Waals surface area contributed by atoms with Gasteiger partial charge in [-0.3, -0.25) is 0 Å². The summed E-state index contributed by atoms with van der Waals surface area (Å²) in [7, 11) is 2.17. The number of nitrogens with zero attached hydrogens (tertiary/aromatic N) is 14. The maximum atomic E-state index is 5.10. The van der Waals surface area contributed by atoms with Gasteiger partial charge in [-0.1, -0.05) is 129 Å². The first-order chi connectivity index (χ1) is 42.8. The Hall–Kier alpha value is -10.9. The van der Waals surface area contributed by atoms with E-state index in [-0.39, 0.29) is 18.1 Å². The fourth-order valence-electron chi connectivity index (χ4n) is 11.2. The number of likely N-dealkylation sites (N-methyl/N-ethyl adjacent to an activating group) is 1. The van der Waals surface area contributed by atoms with Crippen LogP contribution >= 0.6 is 0 Å². The van der Waals surface area contributed by atoms with Crippen LogP contribution in [0.25, 0.3) is 88.7 Å². The lowest BCUT2D eigenvalue weighted by Crippen LogP contribution is -2.45. The van der Waals surface area contributed by atoms with E-state index in [1.807, 2.05) is 72.8 Å². The van der Waals surface area contributed by atoms with Crippen LogP contribution in [-0.2, 0) is 0 Å². The molecular weight excluding hydrogens is 1080 g/mol. The Morgan fingerprint density at radius 1 is 0.425 bits per heavy atom. The van der Waals surface area contributed by atoms with Crippen molar-refractivity contribution in [2.75, 3.05) is 54.1 Å². The zero-order chi connectivity index (χ0) is 59.1. The number of aromatic amines is 3. The predicted molar refractivity (Wildman–Crippen MR) is 346 cm³/mol. The molecule has 20 heteroatoms. The summed E-state index contributed by atoms with van der Waals surface area (Å²) in [6.07, 6.45) is 11.3. The first kappa shape index (κ1) is 55.3. The summed E-state index contributed by atoms with van der Waals surface area (Å²) in [4.78, 5) is 67.9. The molecule has 0 aliphatic carbocycles.